The molecule has 0 aliphatic carbocycles. The van der Waals surface area contributed by atoms with Crippen molar-refractivity contribution in [1.29, 1.82) is 0 Å². The van der Waals surface area contributed by atoms with E-state index in [0.717, 1.165) is 31.5 Å². The van der Waals surface area contributed by atoms with Crippen LogP contribution in [0.15, 0.2) is 24.3 Å². The second kappa shape index (κ2) is 8.35. The predicted octanol–water partition coefficient (Wildman–Crippen LogP) is 3.18. The number of unbranched alkanes of at least 4 members (excludes halogenated alkanes) is 1. The van der Waals surface area contributed by atoms with Crippen LogP contribution in [0.1, 0.15) is 40.0 Å². The van der Waals surface area contributed by atoms with E-state index in [-0.39, 0.29) is 18.0 Å². The maximum Gasteiger partial charge on any atom is 0.125 e. The number of nitrogens with zero attached hydrogens (tertiary/aromatic N) is 1. The zero-order valence-corrected chi connectivity index (χ0v) is 13.7. The van der Waals surface area contributed by atoms with Crippen LogP contribution in [0.3, 0.4) is 0 Å². The normalized spacial score (nSPS) is 14.2. The summed E-state index contributed by atoms with van der Waals surface area (Å²) < 4.78 is 13.2. The Morgan fingerprint density at radius 3 is 2.62 bits per heavy atom. The largest absolute Gasteiger partial charge is 0.394 e. The highest BCUT2D eigenvalue weighted by Crippen LogP contribution is 2.17. The second-order valence-corrected chi connectivity index (χ2v) is 6.38. The average Bonchev–Trinajstić information content (AvgIpc) is 2.42. The SMILES string of the molecule is CC(C)NC(C)(CO)CCCCN(C)c1cccc(F)c1. The Balaban J connectivity index is 2.36. The molecule has 0 radical (unpaired) electrons. The summed E-state index contributed by atoms with van der Waals surface area (Å²) >= 11 is 0. The van der Waals surface area contributed by atoms with Crippen LogP contribution in [-0.4, -0.2) is 36.9 Å². The third kappa shape index (κ3) is 6.44. The van der Waals surface area contributed by atoms with Crippen LogP contribution < -0.4 is 10.2 Å². The Morgan fingerprint density at radius 1 is 1.33 bits per heavy atom. The highest BCUT2D eigenvalue weighted by atomic mass is 19.1. The minimum atomic E-state index is -0.217. The number of halogens is 1. The van der Waals surface area contributed by atoms with Crippen LogP contribution in [0, 0.1) is 5.82 Å². The molecule has 0 aliphatic rings. The molecule has 3 nitrogen and oxygen atoms in total. The van der Waals surface area contributed by atoms with Gasteiger partial charge >= 0.3 is 0 Å². The van der Waals surface area contributed by atoms with Gasteiger partial charge in [0.1, 0.15) is 5.82 Å². The third-order valence-corrected chi connectivity index (χ3v) is 3.71. The molecule has 0 bridgehead atoms. The van der Waals surface area contributed by atoms with Crippen molar-refractivity contribution in [3.8, 4) is 0 Å². The van der Waals surface area contributed by atoms with Crippen molar-refractivity contribution in [1.82, 2.24) is 5.32 Å². The topological polar surface area (TPSA) is 35.5 Å². The van der Waals surface area contributed by atoms with E-state index < -0.39 is 0 Å². The first-order valence-corrected chi connectivity index (χ1v) is 7.71. The van der Waals surface area contributed by atoms with Crippen molar-refractivity contribution >= 4 is 5.69 Å². The molecule has 0 amide bonds. The molecule has 4 heteroatoms. The van der Waals surface area contributed by atoms with Crippen molar-refractivity contribution in [2.45, 2.75) is 51.6 Å². The summed E-state index contributed by atoms with van der Waals surface area (Å²) in [4.78, 5) is 2.06. The van der Waals surface area contributed by atoms with E-state index in [9.17, 15) is 9.50 Å². The molecule has 1 aromatic carbocycles. The maximum atomic E-state index is 13.2. The molecule has 2 N–H and O–H groups in total. The first-order chi connectivity index (χ1) is 9.86. The fourth-order valence-corrected chi connectivity index (χ4v) is 2.60. The zero-order valence-electron chi connectivity index (χ0n) is 13.7. The van der Waals surface area contributed by atoms with E-state index in [1.165, 1.54) is 6.07 Å². The van der Waals surface area contributed by atoms with Gasteiger partial charge < -0.3 is 15.3 Å². The Morgan fingerprint density at radius 2 is 2.05 bits per heavy atom. The molecular weight excluding hydrogens is 267 g/mol. The Hall–Kier alpha value is -1.13. The third-order valence-electron chi connectivity index (χ3n) is 3.71. The number of aliphatic hydroxyl groups excluding tert-OH is 1. The minimum absolute atomic E-state index is 0.144. The number of hydrogen-bond donors (Lipinski definition) is 2. The first kappa shape index (κ1) is 17.9. The molecule has 21 heavy (non-hydrogen) atoms. The highest BCUT2D eigenvalue weighted by molar-refractivity contribution is 5.45. The molecule has 1 atom stereocenters. The first-order valence-electron chi connectivity index (χ1n) is 7.71. The molecule has 1 unspecified atom stereocenters. The zero-order chi connectivity index (χ0) is 15.9. The monoisotopic (exact) mass is 296 g/mol. The molecule has 120 valence electrons. The number of benzene rings is 1. The molecule has 0 fully saturated rings. The van der Waals surface area contributed by atoms with Gasteiger partial charge in [0.15, 0.2) is 0 Å². The van der Waals surface area contributed by atoms with Gasteiger partial charge in [-0.3, -0.25) is 0 Å². The summed E-state index contributed by atoms with van der Waals surface area (Å²) in [6, 6.07) is 7.02. The standard InChI is InChI=1S/C17H29FN2O/c1-14(2)19-17(3,13-21)10-5-6-11-20(4)16-9-7-8-15(18)12-16/h7-9,12,14,19,21H,5-6,10-11,13H2,1-4H3. The summed E-state index contributed by atoms with van der Waals surface area (Å²) in [7, 11) is 1.98. The molecule has 0 heterocycles. The summed E-state index contributed by atoms with van der Waals surface area (Å²) in [5, 5.41) is 13.0. The van der Waals surface area contributed by atoms with Gasteiger partial charge in [-0.1, -0.05) is 19.9 Å². The Labute approximate surface area is 128 Å². The van der Waals surface area contributed by atoms with E-state index in [2.05, 4.69) is 31.0 Å². The van der Waals surface area contributed by atoms with Crippen molar-refractivity contribution in [2.75, 3.05) is 25.1 Å². The smallest absolute Gasteiger partial charge is 0.125 e. The van der Waals surface area contributed by atoms with Crippen LogP contribution in [0.5, 0.6) is 0 Å². The molecule has 1 rings (SSSR count). The lowest BCUT2D eigenvalue weighted by Crippen LogP contribution is -2.49. The van der Waals surface area contributed by atoms with E-state index in [4.69, 9.17) is 0 Å². The molecule has 1 aromatic rings. The van der Waals surface area contributed by atoms with Gasteiger partial charge in [-0.15, -0.1) is 0 Å². The van der Waals surface area contributed by atoms with Gasteiger partial charge in [-0.25, -0.2) is 4.39 Å². The van der Waals surface area contributed by atoms with Crippen LogP contribution in [-0.2, 0) is 0 Å². The van der Waals surface area contributed by atoms with Crippen molar-refractivity contribution in [3.05, 3.63) is 30.1 Å². The van der Waals surface area contributed by atoms with Crippen molar-refractivity contribution in [3.63, 3.8) is 0 Å². The quantitative estimate of drug-likeness (QED) is 0.687. The van der Waals surface area contributed by atoms with E-state index in [1.807, 2.05) is 13.1 Å². The summed E-state index contributed by atoms with van der Waals surface area (Å²) in [5.41, 5.74) is 0.686. The predicted molar refractivity (Wildman–Crippen MR) is 87.3 cm³/mol. The van der Waals surface area contributed by atoms with E-state index >= 15 is 0 Å². The molecule has 0 saturated carbocycles. The molecule has 0 saturated heterocycles. The summed E-state index contributed by atoms with van der Waals surface area (Å²) in [5.74, 6) is -0.201. The van der Waals surface area contributed by atoms with E-state index in [1.54, 1.807) is 12.1 Å². The van der Waals surface area contributed by atoms with Gasteiger partial charge in [0.05, 0.1) is 6.61 Å². The van der Waals surface area contributed by atoms with Crippen LogP contribution >= 0.6 is 0 Å². The number of rotatable bonds is 9. The lowest BCUT2D eigenvalue weighted by molar-refractivity contribution is 0.154. The van der Waals surface area contributed by atoms with Crippen LogP contribution in [0.25, 0.3) is 0 Å². The second-order valence-electron chi connectivity index (χ2n) is 6.38. The van der Waals surface area contributed by atoms with Gasteiger partial charge in [-0.05, 0) is 44.4 Å². The Bertz CT molecular complexity index is 425. The number of hydrogen-bond acceptors (Lipinski definition) is 3. The molecule has 0 aromatic heterocycles. The fourth-order valence-electron chi connectivity index (χ4n) is 2.60. The van der Waals surface area contributed by atoms with Gasteiger partial charge in [0.2, 0.25) is 0 Å². The summed E-state index contributed by atoms with van der Waals surface area (Å²) in [6.07, 6.45) is 2.97. The van der Waals surface area contributed by atoms with Crippen LogP contribution in [0.2, 0.25) is 0 Å². The molecule has 0 spiro atoms. The van der Waals surface area contributed by atoms with Crippen molar-refractivity contribution < 1.29 is 9.50 Å². The van der Waals surface area contributed by atoms with E-state index in [0.29, 0.717) is 6.04 Å². The number of aliphatic hydroxyl groups is 1. The fraction of sp³-hybridized carbons (Fsp3) is 0.647. The van der Waals surface area contributed by atoms with Gasteiger partial charge in [-0.2, -0.15) is 0 Å². The highest BCUT2D eigenvalue weighted by Gasteiger charge is 2.23. The van der Waals surface area contributed by atoms with Gasteiger partial charge in [0.25, 0.3) is 0 Å². The average molecular weight is 296 g/mol. The van der Waals surface area contributed by atoms with Crippen molar-refractivity contribution in [2.24, 2.45) is 0 Å². The number of nitrogens with one attached hydrogen (secondary N) is 1. The molecule has 0 aliphatic heterocycles. The van der Waals surface area contributed by atoms with Crippen LogP contribution in [0.4, 0.5) is 10.1 Å². The summed E-state index contributed by atoms with van der Waals surface area (Å²) in [6.45, 7) is 7.26. The minimum Gasteiger partial charge on any atom is -0.394 e. The maximum absolute atomic E-state index is 13.2. The Kier molecular flexibility index (Phi) is 7.12. The number of anilines is 1. The van der Waals surface area contributed by atoms with Gasteiger partial charge in [0, 0.05) is 30.9 Å². The molecular formula is C17H29FN2O. The lowest BCUT2D eigenvalue weighted by atomic mass is 9.94. The lowest BCUT2D eigenvalue weighted by Gasteiger charge is -2.31.